The molecule has 10 heteroatoms. The fraction of sp³-hybridized carbons (Fsp3) is 0.545. The van der Waals surface area contributed by atoms with Crippen LogP contribution in [0.25, 0.3) is 0 Å². The molecule has 32 heavy (non-hydrogen) atoms. The SMILES string of the molecule is OC[C@H]1O[C@@H](C#Cc2ccccc2C#C[C@@H]2O[C@H](CO)[C@@H](O)[C@H](O)[C@H]2O)[C@H](O)[C@@H](O)[C@@H]1O. The minimum atomic E-state index is -1.54. The van der Waals surface area contributed by atoms with Gasteiger partial charge in [0.05, 0.1) is 13.2 Å². The zero-order valence-electron chi connectivity index (χ0n) is 16.9. The van der Waals surface area contributed by atoms with E-state index in [1.807, 2.05) is 0 Å². The van der Waals surface area contributed by atoms with Gasteiger partial charge in [-0.2, -0.15) is 0 Å². The Kier molecular flexibility index (Phi) is 8.22. The summed E-state index contributed by atoms with van der Waals surface area (Å²) in [5.41, 5.74) is 0.836. The van der Waals surface area contributed by atoms with Crippen molar-refractivity contribution in [2.75, 3.05) is 13.2 Å². The van der Waals surface area contributed by atoms with Gasteiger partial charge in [0.2, 0.25) is 0 Å². The first-order valence-corrected chi connectivity index (χ1v) is 10.0. The lowest BCUT2D eigenvalue weighted by atomic mass is 9.94. The Hall–Kier alpha value is -2.06. The number of benzene rings is 1. The number of aliphatic hydroxyl groups is 8. The van der Waals surface area contributed by atoms with Gasteiger partial charge in [-0.1, -0.05) is 35.8 Å². The number of hydrogen-bond donors (Lipinski definition) is 8. The van der Waals surface area contributed by atoms with Crippen LogP contribution in [-0.2, 0) is 9.47 Å². The summed E-state index contributed by atoms with van der Waals surface area (Å²) >= 11 is 0. The predicted octanol–water partition coefficient (Wildman–Crippen LogP) is -3.93. The third-order valence-electron chi connectivity index (χ3n) is 5.41. The second kappa shape index (κ2) is 10.7. The van der Waals surface area contributed by atoms with Crippen LogP contribution < -0.4 is 0 Å². The van der Waals surface area contributed by atoms with Crippen molar-refractivity contribution in [2.45, 2.75) is 61.0 Å². The van der Waals surface area contributed by atoms with Crippen molar-refractivity contribution in [3.8, 4) is 23.7 Å². The van der Waals surface area contributed by atoms with Gasteiger partial charge in [0.25, 0.3) is 0 Å². The topological polar surface area (TPSA) is 180 Å². The first kappa shape index (κ1) is 24.6. The quantitative estimate of drug-likeness (QED) is 0.207. The summed E-state index contributed by atoms with van der Waals surface area (Å²) in [5, 5.41) is 78.2. The van der Waals surface area contributed by atoms with Crippen LogP contribution in [0.4, 0.5) is 0 Å². The Labute approximate surface area is 184 Å². The maximum absolute atomic E-state index is 10.1. The molecule has 2 fully saturated rings. The van der Waals surface area contributed by atoms with E-state index in [9.17, 15) is 40.9 Å². The molecule has 1 aromatic carbocycles. The van der Waals surface area contributed by atoms with Crippen molar-refractivity contribution in [1.82, 2.24) is 0 Å². The van der Waals surface area contributed by atoms with Crippen LogP contribution >= 0.6 is 0 Å². The van der Waals surface area contributed by atoms with E-state index in [-0.39, 0.29) is 0 Å². The lowest BCUT2D eigenvalue weighted by Crippen LogP contribution is -2.58. The van der Waals surface area contributed by atoms with E-state index in [4.69, 9.17) is 9.47 Å². The van der Waals surface area contributed by atoms with E-state index in [1.54, 1.807) is 24.3 Å². The second-order valence-electron chi connectivity index (χ2n) is 7.58. The van der Waals surface area contributed by atoms with Crippen LogP contribution in [0.3, 0.4) is 0 Å². The highest BCUT2D eigenvalue weighted by Gasteiger charge is 2.43. The Morgan fingerprint density at radius 1 is 0.594 bits per heavy atom. The van der Waals surface area contributed by atoms with Crippen molar-refractivity contribution in [1.29, 1.82) is 0 Å². The largest absolute Gasteiger partial charge is 0.394 e. The predicted molar refractivity (Wildman–Crippen MR) is 108 cm³/mol. The van der Waals surface area contributed by atoms with Gasteiger partial charge in [-0.3, -0.25) is 0 Å². The second-order valence-corrected chi connectivity index (χ2v) is 7.58. The van der Waals surface area contributed by atoms with E-state index in [1.165, 1.54) is 0 Å². The zero-order chi connectivity index (χ0) is 23.4. The zero-order valence-corrected chi connectivity index (χ0v) is 16.9. The van der Waals surface area contributed by atoms with Crippen molar-refractivity contribution in [3.63, 3.8) is 0 Å². The molecule has 1 aromatic rings. The smallest absolute Gasteiger partial charge is 0.147 e. The highest BCUT2D eigenvalue weighted by Crippen LogP contribution is 2.22. The Bertz CT molecular complexity index is 822. The van der Waals surface area contributed by atoms with Crippen LogP contribution in [-0.4, -0.2) is 115 Å². The lowest BCUT2D eigenvalue weighted by Gasteiger charge is -2.37. The van der Waals surface area contributed by atoms with Gasteiger partial charge < -0.3 is 50.3 Å². The Balaban J connectivity index is 1.82. The minimum Gasteiger partial charge on any atom is -0.394 e. The van der Waals surface area contributed by atoms with Gasteiger partial charge in [-0.15, -0.1) is 0 Å². The molecule has 0 unspecified atom stereocenters. The summed E-state index contributed by atoms with van der Waals surface area (Å²) in [7, 11) is 0. The molecule has 10 nitrogen and oxygen atoms in total. The molecule has 0 amide bonds. The average Bonchev–Trinajstić information content (AvgIpc) is 2.81. The monoisotopic (exact) mass is 450 g/mol. The molecule has 0 saturated carbocycles. The first-order chi connectivity index (χ1) is 15.3. The molecule has 0 radical (unpaired) electrons. The standard InChI is InChI=1S/C22H26O10/c23-9-15-19(27)21(29)17(25)13(31-15)7-5-11-3-1-2-4-12(11)6-8-14-18(26)22(30)20(28)16(10-24)32-14/h1-4,13-30H,9-10H2/t13-,14-,15+,16+,17-,18-,19+,20+,21+,22+/m0/s1. The van der Waals surface area contributed by atoms with E-state index in [0.29, 0.717) is 11.1 Å². The fourth-order valence-corrected chi connectivity index (χ4v) is 3.44. The molecule has 3 rings (SSSR count). The third kappa shape index (κ3) is 5.12. The molecule has 0 aromatic heterocycles. The van der Waals surface area contributed by atoms with Gasteiger partial charge in [0.1, 0.15) is 61.0 Å². The van der Waals surface area contributed by atoms with Crippen LogP contribution in [0.15, 0.2) is 24.3 Å². The first-order valence-electron chi connectivity index (χ1n) is 10.0. The number of hydrogen-bond acceptors (Lipinski definition) is 10. The summed E-state index contributed by atoms with van der Waals surface area (Å²) in [4.78, 5) is 0. The Morgan fingerprint density at radius 2 is 0.969 bits per heavy atom. The Morgan fingerprint density at radius 3 is 1.31 bits per heavy atom. The highest BCUT2D eigenvalue weighted by atomic mass is 16.5. The van der Waals surface area contributed by atoms with E-state index >= 15 is 0 Å². The summed E-state index contributed by atoms with van der Waals surface area (Å²) in [6, 6.07) is 6.65. The highest BCUT2D eigenvalue weighted by molar-refractivity contribution is 5.50. The molecule has 8 N–H and O–H groups in total. The molecular weight excluding hydrogens is 424 g/mol. The van der Waals surface area contributed by atoms with Gasteiger partial charge in [0, 0.05) is 11.1 Å². The molecule has 0 aliphatic carbocycles. The number of aliphatic hydroxyl groups excluding tert-OH is 8. The normalized spacial score (nSPS) is 39.4. The lowest BCUT2D eigenvalue weighted by molar-refractivity contribution is -0.214. The molecular formula is C22H26O10. The summed E-state index contributed by atoms with van der Waals surface area (Å²) in [6.45, 7) is -1.13. The maximum Gasteiger partial charge on any atom is 0.147 e. The minimum absolute atomic E-state index is 0.418. The molecule has 0 spiro atoms. The van der Waals surface area contributed by atoms with E-state index < -0.39 is 74.3 Å². The van der Waals surface area contributed by atoms with Crippen LogP contribution in [0.1, 0.15) is 11.1 Å². The number of ether oxygens (including phenoxy) is 2. The summed E-state index contributed by atoms with van der Waals surface area (Å²) in [5.74, 6) is 10.9. The third-order valence-corrected chi connectivity index (χ3v) is 5.41. The van der Waals surface area contributed by atoms with Gasteiger partial charge >= 0.3 is 0 Å². The molecule has 10 atom stereocenters. The molecule has 0 bridgehead atoms. The van der Waals surface area contributed by atoms with Crippen LogP contribution in [0.2, 0.25) is 0 Å². The number of rotatable bonds is 2. The van der Waals surface area contributed by atoms with Gasteiger partial charge in [-0.05, 0) is 12.1 Å². The summed E-state index contributed by atoms with van der Waals surface area (Å²) in [6.07, 6.45) is -13.5. The molecule has 2 heterocycles. The fourth-order valence-electron chi connectivity index (χ4n) is 3.44. The maximum atomic E-state index is 10.1. The van der Waals surface area contributed by atoms with Crippen molar-refractivity contribution in [2.24, 2.45) is 0 Å². The molecule has 2 aliphatic heterocycles. The van der Waals surface area contributed by atoms with Crippen LogP contribution in [0.5, 0.6) is 0 Å². The van der Waals surface area contributed by atoms with Crippen LogP contribution in [0, 0.1) is 23.7 Å². The van der Waals surface area contributed by atoms with Gasteiger partial charge in [0.15, 0.2) is 0 Å². The summed E-state index contributed by atoms with van der Waals surface area (Å²) < 4.78 is 10.7. The molecule has 2 saturated heterocycles. The van der Waals surface area contributed by atoms with Crippen molar-refractivity contribution < 1.29 is 50.3 Å². The van der Waals surface area contributed by atoms with Crippen molar-refractivity contribution in [3.05, 3.63) is 35.4 Å². The molecule has 174 valence electrons. The molecule has 2 aliphatic rings. The van der Waals surface area contributed by atoms with E-state index in [2.05, 4.69) is 23.7 Å². The van der Waals surface area contributed by atoms with E-state index in [0.717, 1.165) is 0 Å². The van der Waals surface area contributed by atoms with Gasteiger partial charge in [-0.25, -0.2) is 0 Å². The van der Waals surface area contributed by atoms with Crippen molar-refractivity contribution >= 4 is 0 Å². The average molecular weight is 450 g/mol.